The molecular weight excluding hydrogens is 258 g/mol. The van der Waals surface area contributed by atoms with Crippen LogP contribution in [0, 0.1) is 17.6 Å². The predicted molar refractivity (Wildman–Crippen MR) is 72.6 cm³/mol. The van der Waals surface area contributed by atoms with Crippen molar-refractivity contribution in [2.45, 2.75) is 19.3 Å². The lowest BCUT2D eigenvalue weighted by atomic mass is 9.79. The third-order valence-corrected chi connectivity index (χ3v) is 3.93. The van der Waals surface area contributed by atoms with Crippen molar-refractivity contribution in [1.82, 2.24) is 0 Å². The lowest BCUT2D eigenvalue weighted by Gasteiger charge is -2.23. The van der Waals surface area contributed by atoms with Gasteiger partial charge in [-0.2, -0.15) is 0 Å². The van der Waals surface area contributed by atoms with E-state index in [1.165, 1.54) is 18.2 Å². The Hall–Kier alpha value is -2.03. The van der Waals surface area contributed by atoms with Gasteiger partial charge in [0.2, 0.25) is 0 Å². The predicted octanol–water partition coefficient (Wildman–Crippen LogP) is 3.95. The van der Waals surface area contributed by atoms with Gasteiger partial charge in [0.05, 0.1) is 0 Å². The number of benzene rings is 2. The van der Waals surface area contributed by atoms with Crippen LogP contribution in [-0.4, -0.2) is 5.78 Å². The van der Waals surface area contributed by atoms with Gasteiger partial charge < -0.3 is 0 Å². The van der Waals surface area contributed by atoms with Crippen molar-refractivity contribution in [1.29, 1.82) is 0 Å². The first-order valence-corrected chi connectivity index (χ1v) is 6.72. The number of hydrogen-bond acceptors (Lipinski definition) is 1. The Morgan fingerprint density at radius 3 is 2.45 bits per heavy atom. The number of hydrogen-bond donors (Lipinski definition) is 0. The maximum atomic E-state index is 13.7. The monoisotopic (exact) mass is 272 g/mol. The van der Waals surface area contributed by atoms with E-state index in [9.17, 15) is 13.6 Å². The molecule has 0 radical (unpaired) electrons. The van der Waals surface area contributed by atoms with Crippen molar-refractivity contribution < 1.29 is 13.6 Å². The number of rotatable bonds is 2. The molecule has 2 aromatic carbocycles. The van der Waals surface area contributed by atoms with Gasteiger partial charge in [-0.1, -0.05) is 30.3 Å². The molecule has 3 heteroatoms. The van der Waals surface area contributed by atoms with Crippen LogP contribution in [0.15, 0.2) is 42.5 Å². The summed E-state index contributed by atoms with van der Waals surface area (Å²) in [6.45, 7) is 0. The van der Waals surface area contributed by atoms with Crippen molar-refractivity contribution in [2.24, 2.45) is 5.92 Å². The number of carbonyl (C=O) groups excluding carboxylic acids is 1. The molecule has 0 spiro atoms. The van der Waals surface area contributed by atoms with E-state index < -0.39 is 11.6 Å². The van der Waals surface area contributed by atoms with Gasteiger partial charge in [-0.3, -0.25) is 4.79 Å². The first kappa shape index (κ1) is 13.0. The number of aryl methyl sites for hydroxylation is 1. The zero-order valence-corrected chi connectivity index (χ0v) is 10.9. The molecule has 1 atom stereocenters. The van der Waals surface area contributed by atoms with Crippen LogP contribution < -0.4 is 0 Å². The second-order valence-electron chi connectivity index (χ2n) is 5.16. The molecule has 0 aliphatic heterocycles. The molecule has 102 valence electrons. The van der Waals surface area contributed by atoms with Crippen LogP contribution in [-0.2, 0) is 12.8 Å². The molecule has 20 heavy (non-hydrogen) atoms. The van der Waals surface area contributed by atoms with E-state index in [1.54, 1.807) is 6.07 Å². The van der Waals surface area contributed by atoms with Gasteiger partial charge in [-0.05, 0) is 37.0 Å². The quantitative estimate of drug-likeness (QED) is 0.809. The SMILES string of the molecule is O=C1c2ccccc2CCC1Cc1c(F)cccc1F. The molecule has 0 bridgehead atoms. The van der Waals surface area contributed by atoms with Crippen molar-refractivity contribution in [3.8, 4) is 0 Å². The molecule has 0 fully saturated rings. The van der Waals surface area contributed by atoms with E-state index in [1.807, 2.05) is 18.2 Å². The van der Waals surface area contributed by atoms with E-state index in [-0.39, 0.29) is 23.7 Å². The van der Waals surface area contributed by atoms with E-state index in [2.05, 4.69) is 0 Å². The van der Waals surface area contributed by atoms with E-state index >= 15 is 0 Å². The molecule has 1 aliphatic carbocycles. The highest BCUT2D eigenvalue weighted by Gasteiger charge is 2.28. The summed E-state index contributed by atoms with van der Waals surface area (Å²) in [5.74, 6) is -1.49. The van der Waals surface area contributed by atoms with Crippen LogP contribution in [0.3, 0.4) is 0 Å². The van der Waals surface area contributed by atoms with E-state index in [0.29, 0.717) is 12.0 Å². The van der Waals surface area contributed by atoms with Gasteiger partial charge in [-0.25, -0.2) is 8.78 Å². The van der Waals surface area contributed by atoms with Gasteiger partial charge in [-0.15, -0.1) is 0 Å². The average Bonchev–Trinajstić information content (AvgIpc) is 2.45. The number of Topliss-reactive ketones (excluding diaryl/α,β-unsaturated/α-hetero) is 1. The summed E-state index contributed by atoms with van der Waals surface area (Å²) in [6.07, 6.45) is 1.55. The second kappa shape index (κ2) is 5.16. The third-order valence-electron chi connectivity index (χ3n) is 3.93. The minimum absolute atomic E-state index is 0.00509. The fourth-order valence-electron chi connectivity index (χ4n) is 2.83. The van der Waals surface area contributed by atoms with Crippen molar-refractivity contribution in [3.63, 3.8) is 0 Å². The van der Waals surface area contributed by atoms with Crippen molar-refractivity contribution in [3.05, 3.63) is 70.8 Å². The van der Waals surface area contributed by atoms with E-state index in [4.69, 9.17) is 0 Å². The lowest BCUT2D eigenvalue weighted by Crippen LogP contribution is -2.25. The number of halogens is 2. The minimum Gasteiger partial charge on any atom is -0.294 e. The molecule has 0 heterocycles. The van der Waals surface area contributed by atoms with Crippen LogP contribution in [0.1, 0.15) is 27.9 Å². The number of ketones is 1. The smallest absolute Gasteiger partial charge is 0.166 e. The number of carbonyl (C=O) groups is 1. The summed E-state index contributed by atoms with van der Waals surface area (Å²) in [5.41, 5.74) is 1.74. The molecule has 0 saturated carbocycles. The average molecular weight is 272 g/mol. The lowest BCUT2D eigenvalue weighted by molar-refractivity contribution is 0.0900. The first-order chi connectivity index (χ1) is 9.66. The van der Waals surface area contributed by atoms with Crippen molar-refractivity contribution in [2.75, 3.05) is 0 Å². The first-order valence-electron chi connectivity index (χ1n) is 6.72. The van der Waals surface area contributed by atoms with Crippen LogP contribution >= 0.6 is 0 Å². The Morgan fingerprint density at radius 1 is 1.00 bits per heavy atom. The Labute approximate surface area is 116 Å². The van der Waals surface area contributed by atoms with Gasteiger partial charge in [0.15, 0.2) is 5.78 Å². The maximum absolute atomic E-state index is 13.7. The fraction of sp³-hybridized carbons (Fsp3) is 0.235. The summed E-state index contributed by atoms with van der Waals surface area (Å²) < 4.78 is 27.4. The molecule has 1 aliphatic rings. The molecular formula is C17H14F2O. The Bertz CT molecular complexity index is 644. The molecule has 0 saturated heterocycles. The van der Waals surface area contributed by atoms with Gasteiger partial charge in [0.25, 0.3) is 0 Å². The zero-order valence-electron chi connectivity index (χ0n) is 10.9. The van der Waals surface area contributed by atoms with E-state index in [0.717, 1.165) is 12.0 Å². The Kier molecular flexibility index (Phi) is 3.35. The van der Waals surface area contributed by atoms with Crippen LogP contribution in [0.4, 0.5) is 8.78 Å². The molecule has 2 aromatic rings. The van der Waals surface area contributed by atoms with Crippen LogP contribution in [0.25, 0.3) is 0 Å². The molecule has 1 nitrogen and oxygen atoms in total. The molecule has 1 unspecified atom stereocenters. The molecule has 0 amide bonds. The van der Waals surface area contributed by atoms with Gasteiger partial charge in [0.1, 0.15) is 11.6 Å². The van der Waals surface area contributed by atoms with Crippen LogP contribution in [0.2, 0.25) is 0 Å². The highest BCUT2D eigenvalue weighted by Crippen LogP contribution is 2.29. The van der Waals surface area contributed by atoms with Gasteiger partial charge in [0, 0.05) is 17.0 Å². The van der Waals surface area contributed by atoms with Crippen molar-refractivity contribution >= 4 is 5.78 Å². The fourth-order valence-corrected chi connectivity index (χ4v) is 2.83. The summed E-state index contributed by atoms with van der Waals surface area (Å²) in [7, 11) is 0. The van der Waals surface area contributed by atoms with Gasteiger partial charge >= 0.3 is 0 Å². The molecule has 0 N–H and O–H groups in total. The Morgan fingerprint density at radius 2 is 1.70 bits per heavy atom. The maximum Gasteiger partial charge on any atom is 0.166 e. The molecule has 0 aromatic heterocycles. The highest BCUT2D eigenvalue weighted by atomic mass is 19.1. The third kappa shape index (κ3) is 2.24. The Balaban J connectivity index is 1.89. The molecule has 3 rings (SSSR count). The summed E-state index contributed by atoms with van der Waals surface area (Å²) in [5, 5.41) is 0. The standard InChI is InChI=1S/C17H14F2O/c18-15-6-3-7-16(19)14(15)10-12-9-8-11-4-1-2-5-13(11)17(12)20/h1-7,12H,8-10H2. The summed E-state index contributed by atoms with van der Waals surface area (Å²) >= 11 is 0. The topological polar surface area (TPSA) is 17.1 Å². The van der Waals surface area contributed by atoms with Crippen LogP contribution in [0.5, 0.6) is 0 Å². The zero-order chi connectivity index (χ0) is 14.1. The second-order valence-corrected chi connectivity index (χ2v) is 5.16. The summed E-state index contributed by atoms with van der Waals surface area (Å²) in [6, 6.07) is 11.3. The number of fused-ring (bicyclic) bond motifs is 1. The normalized spacial score (nSPS) is 17.9. The largest absolute Gasteiger partial charge is 0.294 e. The highest BCUT2D eigenvalue weighted by molar-refractivity contribution is 6.00. The minimum atomic E-state index is -0.573. The summed E-state index contributed by atoms with van der Waals surface area (Å²) in [4.78, 5) is 12.4.